The zero-order chi connectivity index (χ0) is 15.9. The fourth-order valence-electron chi connectivity index (χ4n) is 3.47. The van der Waals surface area contributed by atoms with E-state index in [0.717, 1.165) is 25.7 Å². The first-order valence-electron chi connectivity index (χ1n) is 7.54. The molecule has 1 amide bonds. The van der Waals surface area contributed by atoms with Crippen LogP contribution in [0.3, 0.4) is 0 Å². The minimum Gasteiger partial charge on any atom is -0.366 e. The predicted molar refractivity (Wildman–Crippen MR) is 83.0 cm³/mol. The number of benzene rings is 1. The lowest BCUT2D eigenvalue weighted by Crippen LogP contribution is -2.47. The fraction of sp³-hybridized carbons (Fsp3) is 0.533. The van der Waals surface area contributed by atoms with Gasteiger partial charge in [-0.2, -0.15) is 0 Å². The van der Waals surface area contributed by atoms with Crippen molar-refractivity contribution in [3.63, 3.8) is 0 Å². The molecule has 0 radical (unpaired) electrons. The van der Waals surface area contributed by atoms with Crippen LogP contribution >= 0.6 is 0 Å². The molecule has 0 aliphatic carbocycles. The molecule has 0 aromatic heterocycles. The molecular formula is C15H21N3O3S. The predicted octanol–water partition coefficient (Wildman–Crippen LogP) is 0.655. The van der Waals surface area contributed by atoms with Gasteiger partial charge in [0.1, 0.15) is 0 Å². The van der Waals surface area contributed by atoms with Crippen molar-refractivity contribution >= 4 is 15.9 Å². The fourth-order valence-corrected chi connectivity index (χ4v) is 4.76. The van der Waals surface area contributed by atoms with Crippen LogP contribution in [-0.4, -0.2) is 32.5 Å². The van der Waals surface area contributed by atoms with Crippen molar-refractivity contribution in [2.24, 2.45) is 5.73 Å². The summed E-state index contributed by atoms with van der Waals surface area (Å²) in [5.74, 6) is -0.616. The summed E-state index contributed by atoms with van der Waals surface area (Å²) < 4.78 is 27.9. The topological polar surface area (TPSA) is 101 Å². The SMILES string of the molecule is Cc1ccc(S(=O)(=O)NC2CC3CCC(C2)N3)cc1C(N)=O. The van der Waals surface area contributed by atoms with Crippen LogP contribution in [0.5, 0.6) is 0 Å². The van der Waals surface area contributed by atoms with Gasteiger partial charge >= 0.3 is 0 Å². The Morgan fingerprint density at radius 1 is 1.27 bits per heavy atom. The number of carbonyl (C=O) groups is 1. The van der Waals surface area contributed by atoms with Gasteiger partial charge in [-0.15, -0.1) is 0 Å². The number of piperidine rings is 1. The second-order valence-electron chi connectivity index (χ2n) is 6.27. The van der Waals surface area contributed by atoms with Gasteiger partial charge in [-0.1, -0.05) is 6.07 Å². The molecule has 2 atom stereocenters. The molecule has 1 aromatic rings. The van der Waals surface area contributed by atoms with Gasteiger partial charge in [-0.3, -0.25) is 4.79 Å². The Bertz CT molecular complexity index is 690. The van der Waals surface area contributed by atoms with Crippen molar-refractivity contribution < 1.29 is 13.2 Å². The number of amides is 1. The van der Waals surface area contributed by atoms with Crippen molar-refractivity contribution in [2.75, 3.05) is 0 Å². The minimum atomic E-state index is -3.64. The number of sulfonamides is 1. The third kappa shape index (κ3) is 3.02. The van der Waals surface area contributed by atoms with Gasteiger partial charge in [0.05, 0.1) is 4.90 Å². The summed E-state index contributed by atoms with van der Waals surface area (Å²) in [5.41, 5.74) is 6.21. The van der Waals surface area contributed by atoms with Gasteiger partial charge < -0.3 is 11.1 Å². The molecule has 2 aliphatic heterocycles. The summed E-state index contributed by atoms with van der Waals surface area (Å²) in [6, 6.07) is 5.24. The molecule has 2 fully saturated rings. The summed E-state index contributed by atoms with van der Waals surface area (Å²) in [7, 11) is -3.64. The second-order valence-corrected chi connectivity index (χ2v) is 7.98. The molecule has 3 rings (SSSR count). The van der Waals surface area contributed by atoms with E-state index in [1.807, 2.05) is 0 Å². The third-order valence-electron chi connectivity index (χ3n) is 4.58. The standard InChI is InChI=1S/C15H21N3O3S/c1-9-2-5-13(8-14(9)15(16)19)22(20,21)18-12-6-10-3-4-11(7-12)17-10/h2,5,8,10-12,17-18H,3-4,6-7H2,1H3,(H2,16,19). The number of nitrogens with one attached hydrogen (secondary N) is 2. The first-order valence-corrected chi connectivity index (χ1v) is 9.02. The van der Waals surface area contributed by atoms with E-state index >= 15 is 0 Å². The van der Waals surface area contributed by atoms with E-state index in [0.29, 0.717) is 17.6 Å². The Morgan fingerprint density at radius 2 is 1.91 bits per heavy atom. The van der Waals surface area contributed by atoms with Crippen LogP contribution in [0.4, 0.5) is 0 Å². The number of nitrogens with two attached hydrogens (primary N) is 1. The molecule has 7 heteroatoms. The summed E-state index contributed by atoms with van der Waals surface area (Å²) in [4.78, 5) is 11.5. The highest BCUT2D eigenvalue weighted by atomic mass is 32.2. The van der Waals surface area contributed by atoms with E-state index < -0.39 is 15.9 Å². The maximum Gasteiger partial charge on any atom is 0.249 e. The number of fused-ring (bicyclic) bond motifs is 2. The molecule has 0 saturated carbocycles. The third-order valence-corrected chi connectivity index (χ3v) is 6.10. The van der Waals surface area contributed by atoms with Crippen LogP contribution in [0.25, 0.3) is 0 Å². The normalized spacial score (nSPS) is 27.8. The van der Waals surface area contributed by atoms with Gasteiger partial charge in [0, 0.05) is 23.7 Å². The van der Waals surface area contributed by atoms with Gasteiger partial charge in [-0.25, -0.2) is 13.1 Å². The molecule has 2 aliphatic rings. The van der Waals surface area contributed by atoms with Crippen LogP contribution < -0.4 is 15.8 Å². The Labute approximate surface area is 130 Å². The molecule has 4 N–H and O–H groups in total. The smallest absolute Gasteiger partial charge is 0.249 e. The van der Waals surface area contributed by atoms with E-state index in [1.165, 1.54) is 12.1 Å². The van der Waals surface area contributed by atoms with E-state index in [4.69, 9.17) is 5.73 Å². The number of carbonyl (C=O) groups excluding carboxylic acids is 1. The van der Waals surface area contributed by atoms with E-state index in [9.17, 15) is 13.2 Å². The summed E-state index contributed by atoms with van der Waals surface area (Å²) in [5, 5.41) is 3.48. The van der Waals surface area contributed by atoms with Crippen molar-refractivity contribution in [3.05, 3.63) is 29.3 Å². The van der Waals surface area contributed by atoms with E-state index in [-0.39, 0.29) is 16.5 Å². The highest BCUT2D eigenvalue weighted by Gasteiger charge is 2.35. The zero-order valence-corrected chi connectivity index (χ0v) is 13.3. The Morgan fingerprint density at radius 3 is 2.50 bits per heavy atom. The van der Waals surface area contributed by atoms with Crippen molar-refractivity contribution in [1.29, 1.82) is 0 Å². The number of aryl methyl sites for hydroxylation is 1. The van der Waals surface area contributed by atoms with Crippen LogP contribution in [0.2, 0.25) is 0 Å². The first kappa shape index (κ1) is 15.5. The van der Waals surface area contributed by atoms with Gasteiger partial charge in [0.15, 0.2) is 0 Å². The summed E-state index contributed by atoms with van der Waals surface area (Å²) in [6.07, 6.45) is 3.84. The van der Waals surface area contributed by atoms with Crippen molar-refractivity contribution in [3.8, 4) is 0 Å². The number of hydrogen-bond acceptors (Lipinski definition) is 4. The molecule has 0 spiro atoms. The summed E-state index contributed by atoms with van der Waals surface area (Å²) in [6.45, 7) is 1.73. The number of primary amides is 1. The Balaban J connectivity index is 1.81. The monoisotopic (exact) mass is 323 g/mol. The van der Waals surface area contributed by atoms with Crippen LogP contribution in [0.1, 0.15) is 41.6 Å². The zero-order valence-electron chi connectivity index (χ0n) is 12.5. The number of rotatable bonds is 4. The maximum absolute atomic E-state index is 12.5. The average molecular weight is 323 g/mol. The lowest BCUT2D eigenvalue weighted by Gasteiger charge is -2.29. The maximum atomic E-state index is 12.5. The number of hydrogen-bond donors (Lipinski definition) is 3. The molecular weight excluding hydrogens is 302 g/mol. The molecule has 6 nitrogen and oxygen atoms in total. The summed E-state index contributed by atoms with van der Waals surface area (Å²) >= 11 is 0. The van der Waals surface area contributed by atoms with Crippen molar-refractivity contribution in [2.45, 2.75) is 55.6 Å². The lowest BCUT2D eigenvalue weighted by molar-refractivity contribution is 0.0999. The van der Waals surface area contributed by atoms with Gasteiger partial charge in [0.25, 0.3) is 0 Å². The highest BCUT2D eigenvalue weighted by molar-refractivity contribution is 7.89. The molecule has 2 heterocycles. The minimum absolute atomic E-state index is 0.0536. The van der Waals surface area contributed by atoms with Gasteiger partial charge in [0.2, 0.25) is 15.9 Å². The molecule has 2 saturated heterocycles. The second kappa shape index (κ2) is 5.64. The van der Waals surface area contributed by atoms with E-state index in [2.05, 4.69) is 10.0 Å². The van der Waals surface area contributed by atoms with Crippen LogP contribution in [0, 0.1) is 6.92 Å². The first-order chi connectivity index (χ1) is 10.3. The van der Waals surface area contributed by atoms with Crippen LogP contribution in [0.15, 0.2) is 23.1 Å². The van der Waals surface area contributed by atoms with Crippen molar-refractivity contribution in [1.82, 2.24) is 10.0 Å². The Kier molecular flexibility index (Phi) is 3.96. The van der Waals surface area contributed by atoms with Gasteiger partial charge in [-0.05, 0) is 50.3 Å². The quantitative estimate of drug-likeness (QED) is 0.757. The highest BCUT2D eigenvalue weighted by Crippen LogP contribution is 2.28. The molecule has 22 heavy (non-hydrogen) atoms. The van der Waals surface area contributed by atoms with E-state index in [1.54, 1.807) is 13.0 Å². The van der Waals surface area contributed by atoms with Crippen LogP contribution in [-0.2, 0) is 10.0 Å². The largest absolute Gasteiger partial charge is 0.366 e. The average Bonchev–Trinajstić information content (AvgIpc) is 2.77. The molecule has 120 valence electrons. The Hall–Kier alpha value is -1.44. The molecule has 2 unspecified atom stereocenters. The molecule has 1 aromatic carbocycles. The molecule has 2 bridgehead atoms. The lowest BCUT2D eigenvalue weighted by atomic mass is 10.0.